The molecule has 0 heterocycles. The molecule has 0 saturated carbocycles. The molecule has 0 aliphatic carbocycles. The van der Waals surface area contributed by atoms with E-state index in [9.17, 15) is 4.39 Å². The lowest BCUT2D eigenvalue weighted by Gasteiger charge is -2.07. The van der Waals surface area contributed by atoms with Crippen molar-refractivity contribution in [3.05, 3.63) is 33.8 Å². The van der Waals surface area contributed by atoms with Gasteiger partial charge >= 0.3 is 0 Å². The van der Waals surface area contributed by atoms with Crippen molar-refractivity contribution in [2.75, 3.05) is 0 Å². The number of alkyl halides is 1. The lowest BCUT2D eigenvalue weighted by Crippen LogP contribution is -2.04. The van der Waals surface area contributed by atoms with Gasteiger partial charge in [0.1, 0.15) is 0 Å². The molecular weight excluding hydrogens is 177 g/mol. The van der Waals surface area contributed by atoms with E-state index < -0.39 is 6.30 Å². The van der Waals surface area contributed by atoms with E-state index in [1.807, 2.05) is 13.8 Å². The molecule has 0 amide bonds. The number of hydrogen-bond donors (Lipinski definition) is 1. The Morgan fingerprint density at radius 2 is 1.75 bits per heavy atom. The van der Waals surface area contributed by atoms with Gasteiger partial charge in [0.2, 0.25) is 0 Å². The molecule has 1 nitrogen and oxygen atoms in total. The first kappa shape index (κ1) is 9.49. The van der Waals surface area contributed by atoms with Crippen LogP contribution in [-0.2, 0) is 0 Å². The van der Waals surface area contributed by atoms with Crippen molar-refractivity contribution in [1.82, 2.24) is 0 Å². The Hall–Kier alpha value is -0.600. The second-order valence-corrected chi connectivity index (χ2v) is 3.25. The molecular formula is C9H11ClFN. The van der Waals surface area contributed by atoms with Crippen molar-refractivity contribution < 1.29 is 4.39 Å². The van der Waals surface area contributed by atoms with Gasteiger partial charge in [-0.2, -0.15) is 0 Å². The molecule has 1 rings (SSSR count). The Labute approximate surface area is 76.3 Å². The highest BCUT2D eigenvalue weighted by molar-refractivity contribution is 6.32. The Balaban J connectivity index is 3.21. The Kier molecular flexibility index (Phi) is 2.70. The fraction of sp³-hybridized carbons (Fsp3) is 0.333. The molecule has 1 aromatic rings. The minimum absolute atomic E-state index is 0.481. The number of benzene rings is 1. The molecule has 66 valence electrons. The molecule has 1 atom stereocenters. The summed E-state index contributed by atoms with van der Waals surface area (Å²) in [6.07, 6.45) is -1.42. The van der Waals surface area contributed by atoms with Crippen molar-refractivity contribution in [2.45, 2.75) is 20.1 Å². The van der Waals surface area contributed by atoms with E-state index in [1.54, 1.807) is 12.1 Å². The van der Waals surface area contributed by atoms with Crippen LogP contribution in [0.25, 0.3) is 0 Å². The first-order valence-electron chi connectivity index (χ1n) is 3.68. The van der Waals surface area contributed by atoms with E-state index >= 15 is 0 Å². The fourth-order valence-electron chi connectivity index (χ4n) is 1.14. The number of rotatable bonds is 1. The van der Waals surface area contributed by atoms with Crippen LogP contribution in [0.2, 0.25) is 5.02 Å². The standard InChI is InChI=1S/C9H11ClFN/c1-5-3-7(9(11)12)4-6(2)8(5)10/h3-4,9H,12H2,1-2H3. The molecule has 0 spiro atoms. The van der Waals surface area contributed by atoms with Crippen LogP contribution < -0.4 is 5.73 Å². The fourth-order valence-corrected chi connectivity index (χ4v) is 1.25. The quantitative estimate of drug-likeness (QED) is 0.673. The average Bonchev–Trinajstić information content (AvgIpc) is 1.99. The van der Waals surface area contributed by atoms with Crippen molar-refractivity contribution in [1.29, 1.82) is 0 Å². The van der Waals surface area contributed by atoms with Crippen molar-refractivity contribution in [3.8, 4) is 0 Å². The van der Waals surface area contributed by atoms with Gasteiger partial charge in [-0.05, 0) is 25.0 Å². The molecule has 1 aromatic carbocycles. The molecule has 0 aromatic heterocycles. The summed E-state index contributed by atoms with van der Waals surface area (Å²) < 4.78 is 12.7. The summed E-state index contributed by atoms with van der Waals surface area (Å²) in [6, 6.07) is 3.33. The van der Waals surface area contributed by atoms with Crippen molar-refractivity contribution in [3.63, 3.8) is 0 Å². The second kappa shape index (κ2) is 3.42. The molecule has 2 N–H and O–H groups in total. The lowest BCUT2D eigenvalue weighted by atomic mass is 10.1. The lowest BCUT2D eigenvalue weighted by molar-refractivity contribution is 0.355. The smallest absolute Gasteiger partial charge is 0.174 e. The van der Waals surface area contributed by atoms with E-state index in [1.165, 1.54) is 0 Å². The molecule has 0 aliphatic heterocycles. The molecule has 1 unspecified atom stereocenters. The maximum absolute atomic E-state index is 12.7. The van der Waals surface area contributed by atoms with E-state index in [0.29, 0.717) is 10.6 Å². The molecule has 0 radical (unpaired) electrons. The molecule has 0 bridgehead atoms. The van der Waals surface area contributed by atoms with Crippen molar-refractivity contribution in [2.24, 2.45) is 5.73 Å². The van der Waals surface area contributed by atoms with Crippen LogP contribution >= 0.6 is 11.6 Å². The van der Waals surface area contributed by atoms with Gasteiger partial charge in [0, 0.05) is 10.6 Å². The molecule has 0 saturated heterocycles. The number of nitrogens with two attached hydrogens (primary N) is 1. The summed E-state index contributed by atoms with van der Waals surface area (Å²) in [4.78, 5) is 0. The number of aryl methyl sites for hydroxylation is 2. The maximum Gasteiger partial charge on any atom is 0.174 e. The van der Waals surface area contributed by atoms with Gasteiger partial charge in [0.05, 0.1) is 0 Å². The van der Waals surface area contributed by atoms with Crippen LogP contribution in [0.3, 0.4) is 0 Å². The van der Waals surface area contributed by atoms with Gasteiger partial charge in [-0.25, -0.2) is 4.39 Å². The minimum atomic E-state index is -1.42. The Morgan fingerprint density at radius 1 is 1.33 bits per heavy atom. The van der Waals surface area contributed by atoms with Crippen LogP contribution in [0.5, 0.6) is 0 Å². The SMILES string of the molecule is Cc1cc(C(N)F)cc(C)c1Cl. The highest BCUT2D eigenvalue weighted by Crippen LogP contribution is 2.24. The van der Waals surface area contributed by atoms with E-state index in [4.69, 9.17) is 17.3 Å². The minimum Gasteiger partial charge on any atom is -0.298 e. The molecule has 12 heavy (non-hydrogen) atoms. The van der Waals surface area contributed by atoms with Crippen LogP contribution in [0.15, 0.2) is 12.1 Å². The summed E-state index contributed by atoms with van der Waals surface area (Å²) in [6.45, 7) is 3.67. The molecule has 0 aliphatic rings. The molecule has 0 fully saturated rings. The van der Waals surface area contributed by atoms with Gasteiger partial charge in [-0.3, -0.25) is 5.73 Å². The Morgan fingerprint density at radius 3 is 2.08 bits per heavy atom. The summed E-state index contributed by atoms with van der Waals surface area (Å²) in [5.74, 6) is 0. The van der Waals surface area contributed by atoms with Crippen LogP contribution in [0, 0.1) is 13.8 Å². The summed E-state index contributed by atoms with van der Waals surface area (Å²) in [7, 11) is 0. The van der Waals surface area contributed by atoms with Crippen LogP contribution in [-0.4, -0.2) is 0 Å². The largest absolute Gasteiger partial charge is 0.298 e. The predicted octanol–water partition coefficient (Wildman–Crippen LogP) is 2.88. The summed E-state index contributed by atoms with van der Waals surface area (Å²) in [5.41, 5.74) is 7.29. The van der Waals surface area contributed by atoms with Gasteiger partial charge < -0.3 is 0 Å². The molecule has 3 heteroatoms. The summed E-state index contributed by atoms with van der Waals surface area (Å²) in [5, 5.41) is 0.680. The van der Waals surface area contributed by atoms with E-state index in [2.05, 4.69) is 0 Å². The average molecular weight is 188 g/mol. The number of halogens is 2. The zero-order valence-corrected chi connectivity index (χ0v) is 7.82. The third-order valence-electron chi connectivity index (χ3n) is 1.78. The maximum atomic E-state index is 12.7. The van der Waals surface area contributed by atoms with Gasteiger partial charge in [0.15, 0.2) is 6.30 Å². The zero-order valence-electron chi connectivity index (χ0n) is 7.07. The van der Waals surface area contributed by atoms with Crippen molar-refractivity contribution >= 4 is 11.6 Å². The second-order valence-electron chi connectivity index (χ2n) is 2.87. The van der Waals surface area contributed by atoms with Crippen LogP contribution in [0.4, 0.5) is 4.39 Å². The van der Waals surface area contributed by atoms with Gasteiger partial charge in [-0.15, -0.1) is 0 Å². The highest BCUT2D eigenvalue weighted by atomic mass is 35.5. The van der Waals surface area contributed by atoms with Crippen LogP contribution in [0.1, 0.15) is 23.0 Å². The first-order chi connectivity index (χ1) is 5.52. The third kappa shape index (κ3) is 1.76. The van der Waals surface area contributed by atoms with Gasteiger partial charge in [-0.1, -0.05) is 23.7 Å². The number of hydrogen-bond acceptors (Lipinski definition) is 1. The first-order valence-corrected chi connectivity index (χ1v) is 4.06. The van der Waals surface area contributed by atoms with Gasteiger partial charge in [0.25, 0.3) is 0 Å². The zero-order chi connectivity index (χ0) is 9.30. The van der Waals surface area contributed by atoms with E-state index in [0.717, 1.165) is 11.1 Å². The normalized spacial score (nSPS) is 13.1. The Bertz CT molecular complexity index is 274. The van der Waals surface area contributed by atoms with E-state index in [-0.39, 0.29) is 0 Å². The predicted molar refractivity (Wildman–Crippen MR) is 49.0 cm³/mol. The highest BCUT2D eigenvalue weighted by Gasteiger charge is 2.07. The monoisotopic (exact) mass is 187 g/mol. The third-order valence-corrected chi connectivity index (χ3v) is 2.37. The topological polar surface area (TPSA) is 26.0 Å². The summed E-state index contributed by atoms with van der Waals surface area (Å²) >= 11 is 5.89.